The van der Waals surface area contributed by atoms with E-state index in [-0.39, 0.29) is 12.1 Å². The lowest BCUT2D eigenvalue weighted by atomic mass is 10.1. The maximum absolute atomic E-state index is 14.0. The molecule has 1 fully saturated rings. The Balaban J connectivity index is 1.79. The van der Waals surface area contributed by atoms with Gasteiger partial charge in [0.1, 0.15) is 11.6 Å². The monoisotopic (exact) mass is 370 g/mol. The number of amides is 2. The van der Waals surface area contributed by atoms with Crippen LogP contribution in [0.25, 0.3) is 17.0 Å². The molecule has 0 saturated carbocycles. The van der Waals surface area contributed by atoms with Crippen LogP contribution in [0.2, 0.25) is 0 Å². The summed E-state index contributed by atoms with van der Waals surface area (Å²) >= 11 is 0.837. The number of carbonyl (C=O) groups is 2. The summed E-state index contributed by atoms with van der Waals surface area (Å²) in [6.45, 7) is 0.144. The minimum Gasteiger partial charge on any atom is -0.342 e. The third kappa shape index (κ3) is 3.01. The third-order valence-electron chi connectivity index (χ3n) is 4.10. The van der Waals surface area contributed by atoms with Crippen LogP contribution in [0.1, 0.15) is 11.1 Å². The van der Waals surface area contributed by atoms with Crippen molar-refractivity contribution >= 4 is 39.9 Å². The van der Waals surface area contributed by atoms with Gasteiger partial charge in [0.2, 0.25) is 0 Å². The molecular weight excluding hydrogens is 358 g/mol. The molecule has 130 valence electrons. The van der Waals surface area contributed by atoms with Crippen LogP contribution in [0.5, 0.6) is 0 Å². The number of para-hydroxylation sites is 1. The number of halogens is 2. The number of hydrogen-bond donors (Lipinski definition) is 1. The minimum atomic E-state index is -0.502. The van der Waals surface area contributed by atoms with E-state index >= 15 is 0 Å². The quantitative estimate of drug-likeness (QED) is 0.700. The normalized spacial score (nSPS) is 15.8. The van der Waals surface area contributed by atoms with Gasteiger partial charge in [-0.05, 0) is 42.1 Å². The average Bonchev–Trinajstić information content (AvgIpc) is 3.11. The molecule has 1 saturated heterocycles. The number of fused-ring (bicyclic) bond motifs is 1. The topological polar surface area (TPSA) is 51.1 Å². The zero-order valence-electron chi connectivity index (χ0n) is 13.3. The van der Waals surface area contributed by atoms with Crippen LogP contribution in [0.4, 0.5) is 13.6 Å². The SMILES string of the molecule is O=C1NC(=O)C(=Cc2cn(Cc3cc(F)ccc3F)c3ccccc23)S1. The summed E-state index contributed by atoms with van der Waals surface area (Å²) in [5.74, 6) is -1.42. The van der Waals surface area contributed by atoms with Gasteiger partial charge in [0, 0.05) is 28.2 Å². The summed E-state index contributed by atoms with van der Waals surface area (Å²) in [4.78, 5) is 23.4. The van der Waals surface area contributed by atoms with E-state index in [2.05, 4.69) is 5.32 Å². The van der Waals surface area contributed by atoms with Gasteiger partial charge in [-0.1, -0.05) is 18.2 Å². The molecule has 1 aliphatic heterocycles. The molecule has 3 aromatic rings. The number of thioether (sulfide) groups is 1. The first kappa shape index (κ1) is 16.5. The highest BCUT2D eigenvalue weighted by molar-refractivity contribution is 8.18. The molecule has 2 aromatic carbocycles. The second kappa shape index (κ2) is 6.42. The second-order valence-electron chi connectivity index (χ2n) is 5.82. The maximum atomic E-state index is 14.0. The van der Waals surface area contributed by atoms with Crippen molar-refractivity contribution in [1.82, 2.24) is 9.88 Å². The number of aromatic nitrogens is 1. The van der Waals surface area contributed by atoms with Gasteiger partial charge in [0.25, 0.3) is 11.1 Å². The molecule has 0 aliphatic carbocycles. The molecule has 0 atom stereocenters. The zero-order chi connectivity index (χ0) is 18.3. The fourth-order valence-corrected chi connectivity index (χ4v) is 3.60. The van der Waals surface area contributed by atoms with Crippen LogP contribution < -0.4 is 5.32 Å². The number of carbonyl (C=O) groups excluding carboxylic acids is 2. The van der Waals surface area contributed by atoms with Crippen LogP contribution in [0.3, 0.4) is 0 Å². The number of nitrogens with one attached hydrogen (secondary N) is 1. The Labute approximate surface area is 151 Å². The second-order valence-corrected chi connectivity index (χ2v) is 6.83. The van der Waals surface area contributed by atoms with Gasteiger partial charge in [-0.25, -0.2) is 8.78 Å². The Hall–Kier alpha value is -2.93. The van der Waals surface area contributed by atoms with E-state index in [0.29, 0.717) is 4.91 Å². The predicted octanol–water partition coefficient (Wildman–Crippen LogP) is 4.29. The lowest BCUT2D eigenvalue weighted by Crippen LogP contribution is -2.17. The molecule has 26 heavy (non-hydrogen) atoms. The number of rotatable bonds is 3. The number of nitrogens with zero attached hydrogens (tertiary/aromatic N) is 1. The number of benzene rings is 2. The molecule has 0 bridgehead atoms. The molecule has 7 heteroatoms. The van der Waals surface area contributed by atoms with E-state index in [1.165, 1.54) is 6.07 Å². The number of imide groups is 1. The first-order valence-corrected chi connectivity index (χ1v) is 8.59. The molecule has 1 aliphatic rings. The van der Waals surface area contributed by atoms with E-state index in [0.717, 1.165) is 40.4 Å². The lowest BCUT2D eigenvalue weighted by molar-refractivity contribution is -0.115. The summed E-state index contributed by atoms with van der Waals surface area (Å²) in [5.41, 5.74) is 1.77. The zero-order valence-corrected chi connectivity index (χ0v) is 14.1. The number of hydrogen-bond acceptors (Lipinski definition) is 3. The van der Waals surface area contributed by atoms with Gasteiger partial charge < -0.3 is 4.57 Å². The lowest BCUT2D eigenvalue weighted by Gasteiger charge is -2.07. The van der Waals surface area contributed by atoms with Crippen LogP contribution in [0.15, 0.2) is 53.6 Å². The molecule has 1 N–H and O–H groups in total. The summed E-state index contributed by atoms with van der Waals surface area (Å²) in [6, 6.07) is 10.8. The Morgan fingerprint density at radius 1 is 1.12 bits per heavy atom. The van der Waals surface area contributed by atoms with Crippen molar-refractivity contribution in [2.75, 3.05) is 0 Å². The molecule has 0 radical (unpaired) electrons. The smallest absolute Gasteiger partial charge is 0.290 e. The summed E-state index contributed by atoms with van der Waals surface area (Å²) in [7, 11) is 0. The van der Waals surface area contributed by atoms with E-state index in [9.17, 15) is 18.4 Å². The highest BCUT2D eigenvalue weighted by atomic mass is 32.2. The van der Waals surface area contributed by atoms with Gasteiger partial charge in [-0.2, -0.15) is 0 Å². The molecule has 2 amide bonds. The van der Waals surface area contributed by atoms with Gasteiger partial charge in [-0.15, -0.1) is 0 Å². The van der Waals surface area contributed by atoms with Crippen LogP contribution in [0, 0.1) is 11.6 Å². The first-order chi connectivity index (χ1) is 12.5. The fraction of sp³-hybridized carbons (Fsp3) is 0.0526. The first-order valence-electron chi connectivity index (χ1n) is 7.78. The molecule has 0 unspecified atom stereocenters. The van der Waals surface area contributed by atoms with Crippen LogP contribution in [-0.4, -0.2) is 15.7 Å². The van der Waals surface area contributed by atoms with Crippen molar-refractivity contribution in [2.24, 2.45) is 0 Å². The van der Waals surface area contributed by atoms with Crippen molar-refractivity contribution < 1.29 is 18.4 Å². The highest BCUT2D eigenvalue weighted by Gasteiger charge is 2.25. The molecule has 2 heterocycles. The van der Waals surface area contributed by atoms with E-state index < -0.39 is 22.8 Å². The summed E-state index contributed by atoms with van der Waals surface area (Å²) in [5, 5.41) is 2.66. The van der Waals surface area contributed by atoms with E-state index in [4.69, 9.17) is 0 Å². The molecular formula is C19H12F2N2O2S. The van der Waals surface area contributed by atoms with Crippen molar-refractivity contribution in [3.63, 3.8) is 0 Å². The Kier molecular flexibility index (Phi) is 4.08. The minimum absolute atomic E-state index is 0.144. The Morgan fingerprint density at radius 2 is 1.92 bits per heavy atom. The third-order valence-corrected chi connectivity index (χ3v) is 4.91. The van der Waals surface area contributed by atoms with Gasteiger partial charge >= 0.3 is 0 Å². The van der Waals surface area contributed by atoms with Gasteiger partial charge in [-0.3, -0.25) is 14.9 Å². The molecule has 1 aromatic heterocycles. The van der Waals surface area contributed by atoms with Crippen molar-refractivity contribution in [2.45, 2.75) is 6.54 Å². The maximum Gasteiger partial charge on any atom is 0.290 e. The molecule has 0 spiro atoms. The van der Waals surface area contributed by atoms with Crippen molar-refractivity contribution in [3.05, 3.63) is 76.3 Å². The largest absolute Gasteiger partial charge is 0.342 e. The predicted molar refractivity (Wildman–Crippen MR) is 96.5 cm³/mol. The van der Waals surface area contributed by atoms with Crippen LogP contribution in [-0.2, 0) is 11.3 Å². The fourth-order valence-electron chi connectivity index (χ4n) is 2.93. The highest BCUT2D eigenvalue weighted by Crippen LogP contribution is 2.30. The average molecular weight is 370 g/mol. The van der Waals surface area contributed by atoms with E-state index in [1.54, 1.807) is 16.8 Å². The van der Waals surface area contributed by atoms with Gasteiger partial charge in [0.15, 0.2) is 0 Å². The van der Waals surface area contributed by atoms with Crippen molar-refractivity contribution in [1.29, 1.82) is 0 Å². The van der Waals surface area contributed by atoms with E-state index in [1.807, 2.05) is 24.3 Å². The summed E-state index contributed by atoms with van der Waals surface area (Å²) in [6.07, 6.45) is 3.39. The van der Waals surface area contributed by atoms with Crippen LogP contribution >= 0.6 is 11.8 Å². The summed E-state index contributed by atoms with van der Waals surface area (Å²) < 4.78 is 29.2. The Morgan fingerprint density at radius 3 is 2.69 bits per heavy atom. The van der Waals surface area contributed by atoms with Crippen molar-refractivity contribution in [3.8, 4) is 0 Å². The molecule has 4 nitrogen and oxygen atoms in total. The Bertz CT molecular complexity index is 1090. The van der Waals surface area contributed by atoms with Gasteiger partial charge in [0.05, 0.1) is 11.4 Å². The molecule has 4 rings (SSSR count). The standard InChI is InChI=1S/C19H12F2N2O2S/c20-13-5-6-15(21)12(7-13)10-23-9-11(14-3-1-2-4-16(14)23)8-17-18(24)22-19(25)26-17/h1-9H,10H2,(H,22,24,25).